The predicted octanol–water partition coefficient (Wildman–Crippen LogP) is 3.01. The number of hydrogen-bond donors (Lipinski definition) is 3. The molecule has 5 nitrogen and oxygen atoms in total. The molecule has 0 heterocycles. The summed E-state index contributed by atoms with van der Waals surface area (Å²) < 4.78 is 0. The fourth-order valence-corrected chi connectivity index (χ4v) is 2.10. The fourth-order valence-electron chi connectivity index (χ4n) is 2.10. The van der Waals surface area contributed by atoms with Crippen LogP contribution in [0.3, 0.4) is 0 Å². The highest BCUT2D eigenvalue weighted by molar-refractivity contribution is 5.87. The van der Waals surface area contributed by atoms with Crippen LogP contribution in [0, 0.1) is 5.92 Å². The van der Waals surface area contributed by atoms with Crippen molar-refractivity contribution in [3.63, 3.8) is 0 Å². The van der Waals surface area contributed by atoms with Crippen LogP contribution in [-0.2, 0) is 6.54 Å². The Morgan fingerprint density at radius 3 is 2.62 bits per heavy atom. The van der Waals surface area contributed by atoms with Crippen LogP contribution < -0.4 is 10.6 Å². The van der Waals surface area contributed by atoms with Crippen LogP contribution in [0.1, 0.15) is 49.5 Å². The maximum absolute atomic E-state index is 11.8. The first-order valence-corrected chi connectivity index (χ1v) is 7.29. The van der Waals surface area contributed by atoms with Crippen molar-refractivity contribution >= 4 is 12.0 Å². The van der Waals surface area contributed by atoms with Gasteiger partial charge in [-0.3, -0.25) is 0 Å². The summed E-state index contributed by atoms with van der Waals surface area (Å²) >= 11 is 0. The summed E-state index contributed by atoms with van der Waals surface area (Å²) in [6.45, 7) is 6.58. The monoisotopic (exact) mass is 292 g/mol. The highest BCUT2D eigenvalue weighted by Crippen LogP contribution is 2.09. The molecule has 0 saturated heterocycles. The van der Waals surface area contributed by atoms with E-state index >= 15 is 0 Å². The Balaban J connectivity index is 2.42. The van der Waals surface area contributed by atoms with Crippen LogP contribution in [0.2, 0.25) is 0 Å². The lowest BCUT2D eigenvalue weighted by Crippen LogP contribution is -2.41. The Labute approximate surface area is 125 Å². The summed E-state index contributed by atoms with van der Waals surface area (Å²) in [5.74, 6) is -0.393. The molecule has 1 rings (SSSR count). The van der Waals surface area contributed by atoms with Gasteiger partial charge in [0.2, 0.25) is 0 Å². The zero-order valence-electron chi connectivity index (χ0n) is 12.8. The van der Waals surface area contributed by atoms with Gasteiger partial charge in [0.1, 0.15) is 0 Å². The third-order valence-electron chi connectivity index (χ3n) is 3.46. The van der Waals surface area contributed by atoms with Gasteiger partial charge in [0, 0.05) is 12.6 Å². The number of carbonyl (C=O) groups excluding carboxylic acids is 1. The standard InChI is InChI=1S/C16H24N2O3/c1-4-11(2)8-12(3)18-16(21)17-10-13-6-5-7-14(9-13)15(19)20/h5-7,9,11-12H,4,8,10H2,1-3H3,(H,19,20)(H2,17,18,21). The van der Waals surface area contributed by atoms with E-state index in [9.17, 15) is 9.59 Å². The molecule has 0 bridgehead atoms. The van der Waals surface area contributed by atoms with E-state index in [0.717, 1.165) is 18.4 Å². The molecule has 0 spiro atoms. The van der Waals surface area contributed by atoms with Gasteiger partial charge in [0.05, 0.1) is 5.56 Å². The first-order chi connectivity index (χ1) is 9.92. The van der Waals surface area contributed by atoms with Crippen molar-refractivity contribution in [1.82, 2.24) is 10.6 Å². The van der Waals surface area contributed by atoms with E-state index < -0.39 is 5.97 Å². The SMILES string of the molecule is CCC(C)CC(C)NC(=O)NCc1cccc(C(=O)O)c1. The molecule has 0 aliphatic heterocycles. The number of hydrogen-bond acceptors (Lipinski definition) is 2. The first kappa shape index (κ1) is 17.0. The molecule has 116 valence electrons. The minimum atomic E-state index is -0.969. The molecule has 0 saturated carbocycles. The number of urea groups is 1. The fraction of sp³-hybridized carbons (Fsp3) is 0.500. The van der Waals surface area contributed by atoms with Crippen molar-refractivity contribution < 1.29 is 14.7 Å². The molecule has 1 aromatic carbocycles. The summed E-state index contributed by atoms with van der Waals surface area (Å²) in [6.07, 6.45) is 2.04. The van der Waals surface area contributed by atoms with Crippen molar-refractivity contribution in [3.05, 3.63) is 35.4 Å². The largest absolute Gasteiger partial charge is 0.478 e. The van der Waals surface area contributed by atoms with Crippen LogP contribution in [0.25, 0.3) is 0 Å². The van der Waals surface area contributed by atoms with E-state index in [0.29, 0.717) is 12.5 Å². The highest BCUT2D eigenvalue weighted by Gasteiger charge is 2.10. The summed E-state index contributed by atoms with van der Waals surface area (Å²) in [7, 11) is 0. The lowest BCUT2D eigenvalue weighted by Gasteiger charge is -2.18. The Bertz CT molecular complexity index is 488. The van der Waals surface area contributed by atoms with Crippen LogP contribution in [0.15, 0.2) is 24.3 Å². The summed E-state index contributed by atoms with van der Waals surface area (Å²) in [6, 6.07) is 6.43. The molecule has 3 N–H and O–H groups in total. The molecular weight excluding hydrogens is 268 g/mol. The van der Waals surface area contributed by atoms with Gasteiger partial charge < -0.3 is 15.7 Å². The lowest BCUT2D eigenvalue weighted by molar-refractivity contribution is 0.0696. The van der Waals surface area contributed by atoms with Crippen LogP contribution in [0.4, 0.5) is 4.79 Å². The molecule has 2 unspecified atom stereocenters. The normalized spacial score (nSPS) is 13.3. The number of nitrogens with one attached hydrogen (secondary N) is 2. The summed E-state index contributed by atoms with van der Waals surface area (Å²) in [5, 5.41) is 14.5. The van der Waals surface area contributed by atoms with E-state index in [1.54, 1.807) is 18.2 Å². The Morgan fingerprint density at radius 1 is 1.29 bits per heavy atom. The van der Waals surface area contributed by atoms with Gasteiger partial charge in [-0.2, -0.15) is 0 Å². The molecule has 0 aliphatic carbocycles. The minimum absolute atomic E-state index is 0.116. The molecule has 0 radical (unpaired) electrons. The zero-order valence-corrected chi connectivity index (χ0v) is 12.8. The number of aromatic carboxylic acids is 1. The number of amides is 2. The van der Waals surface area contributed by atoms with Crippen LogP contribution in [0.5, 0.6) is 0 Å². The van der Waals surface area contributed by atoms with Crippen molar-refractivity contribution in [1.29, 1.82) is 0 Å². The predicted molar refractivity (Wildman–Crippen MR) is 82.3 cm³/mol. The molecular formula is C16H24N2O3. The molecule has 0 fully saturated rings. The third kappa shape index (κ3) is 6.29. The van der Waals surface area contributed by atoms with Crippen molar-refractivity contribution in [2.75, 3.05) is 0 Å². The highest BCUT2D eigenvalue weighted by atomic mass is 16.4. The van der Waals surface area contributed by atoms with Gasteiger partial charge in [0.25, 0.3) is 0 Å². The number of benzene rings is 1. The smallest absolute Gasteiger partial charge is 0.335 e. The van der Waals surface area contributed by atoms with Crippen molar-refractivity contribution in [3.8, 4) is 0 Å². The Hall–Kier alpha value is -2.04. The van der Waals surface area contributed by atoms with Gasteiger partial charge in [0.15, 0.2) is 0 Å². The number of rotatable bonds is 7. The number of carbonyl (C=O) groups is 2. The summed E-state index contributed by atoms with van der Waals surface area (Å²) in [4.78, 5) is 22.6. The second-order valence-electron chi connectivity index (χ2n) is 5.48. The van der Waals surface area contributed by atoms with E-state index in [1.165, 1.54) is 6.07 Å². The van der Waals surface area contributed by atoms with Crippen molar-refractivity contribution in [2.24, 2.45) is 5.92 Å². The van der Waals surface area contributed by atoms with E-state index in [1.807, 2.05) is 6.92 Å². The first-order valence-electron chi connectivity index (χ1n) is 7.29. The maximum Gasteiger partial charge on any atom is 0.335 e. The van der Waals surface area contributed by atoms with E-state index in [2.05, 4.69) is 24.5 Å². The number of carboxylic acids is 1. The maximum atomic E-state index is 11.8. The average molecular weight is 292 g/mol. The van der Waals surface area contributed by atoms with E-state index in [4.69, 9.17) is 5.11 Å². The third-order valence-corrected chi connectivity index (χ3v) is 3.46. The molecule has 0 aliphatic rings. The molecule has 5 heteroatoms. The van der Waals surface area contributed by atoms with Crippen LogP contribution >= 0.6 is 0 Å². The van der Waals surface area contributed by atoms with Gasteiger partial charge in [-0.25, -0.2) is 9.59 Å². The lowest BCUT2D eigenvalue weighted by atomic mass is 10.0. The van der Waals surface area contributed by atoms with Gasteiger partial charge >= 0.3 is 12.0 Å². The minimum Gasteiger partial charge on any atom is -0.478 e. The Kier molecular flexibility index (Phi) is 6.72. The molecule has 21 heavy (non-hydrogen) atoms. The van der Waals surface area contributed by atoms with Gasteiger partial charge in [-0.1, -0.05) is 32.4 Å². The second-order valence-corrected chi connectivity index (χ2v) is 5.48. The molecule has 2 amide bonds. The topological polar surface area (TPSA) is 78.4 Å². The van der Waals surface area contributed by atoms with Crippen LogP contribution in [-0.4, -0.2) is 23.1 Å². The molecule has 2 atom stereocenters. The van der Waals surface area contributed by atoms with Crippen molar-refractivity contribution in [2.45, 2.75) is 46.2 Å². The number of carboxylic acid groups (broad SMARTS) is 1. The zero-order chi connectivity index (χ0) is 15.8. The average Bonchev–Trinajstić information content (AvgIpc) is 2.45. The summed E-state index contributed by atoms with van der Waals surface area (Å²) in [5.41, 5.74) is 0.986. The van der Waals surface area contributed by atoms with Gasteiger partial charge in [-0.15, -0.1) is 0 Å². The Morgan fingerprint density at radius 2 is 2.00 bits per heavy atom. The van der Waals surface area contributed by atoms with E-state index in [-0.39, 0.29) is 17.6 Å². The van der Waals surface area contributed by atoms with Gasteiger partial charge in [-0.05, 0) is 37.0 Å². The quantitative estimate of drug-likeness (QED) is 0.723. The molecule has 1 aromatic rings. The molecule has 0 aromatic heterocycles. The second kappa shape index (κ2) is 8.29.